The Bertz CT molecular complexity index is 352. The van der Waals surface area contributed by atoms with Crippen molar-refractivity contribution in [2.75, 3.05) is 5.73 Å². The number of rotatable bonds is 2. The molecule has 0 aliphatic heterocycles. The minimum Gasteiger partial charge on any atom is -0.393 e. The lowest BCUT2D eigenvalue weighted by molar-refractivity contribution is -0.384. The van der Waals surface area contributed by atoms with Gasteiger partial charge in [-0.25, -0.2) is 0 Å². The van der Waals surface area contributed by atoms with Gasteiger partial charge >= 0.3 is 0 Å². The number of nitro benzene ring substituents is 1. The maximum absolute atomic E-state index is 10.5. The zero-order valence-corrected chi connectivity index (χ0v) is 7.84. The fourth-order valence-electron chi connectivity index (χ4n) is 1.11. The number of nitrogens with zero attached hydrogens (tertiary/aromatic N) is 1. The van der Waals surface area contributed by atoms with E-state index < -0.39 is 4.92 Å². The van der Waals surface area contributed by atoms with Crippen molar-refractivity contribution in [1.82, 2.24) is 0 Å². The van der Waals surface area contributed by atoms with Gasteiger partial charge in [0.2, 0.25) is 0 Å². The Balaban J connectivity index is 3.35. The highest BCUT2D eigenvalue weighted by Gasteiger charge is 2.14. The van der Waals surface area contributed by atoms with Crippen LogP contribution in [0.25, 0.3) is 0 Å². The molecule has 0 bridgehead atoms. The highest BCUT2D eigenvalue weighted by molar-refractivity contribution is 6.17. The predicted molar refractivity (Wildman–Crippen MR) is 51.8 cm³/mol. The summed E-state index contributed by atoms with van der Waals surface area (Å²) in [5, 5.41) is 10.5. The van der Waals surface area contributed by atoms with E-state index in [-0.39, 0.29) is 17.3 Å². The molecule has 5 heteroatoms. The van der Waals surface area contributed by atoms with Crippen molar-refractivity contribution in [1.29, 1.82) is 0 Å². The highest BCUT2D eigenvalue weighted by atomic mass is 35.5. The van der Waals surface area contributed by atoms with Gasteiger partial charge in [0, 0.05) is 11.9 Å². The van der Waals surface area contributed by atoms with E-state index in [9.17, 15) is 10.1 Å². The molecule has 0 fully saturated rings. The van der Waals surface area contributed by atoms with E-state index in [0.29, 0.717) is 5.56 Å². The summed E-state index contributed by atoms with van der Waals surface area (Å²) in [4.78, 5) is 10.0. The van der Waals surface area contributed by atoms with Gasteiger partial charge in [-0.05, 0) is 18.1 Å². The van der Waals surface area contributed by atoms with E-state index in [1.54, 1.807) is 13.0 Å². The summed E-state index contributed by atoms with van der Waals surface area (Å²) in [5.41, 5.74) is 7.02. The smallest absolute Gasteiger partial charge is 0.292 e. The van der Waals surface area contributed by atoms with Crippen molar-refractivity contribution in [2.24, 2.45) is 0 Å². The molecular formula is C8H9ClN2O2. The predicted octanol–water partition coefficient (Wildman–Crippen LogP) is 2.22. The van der Waals surface area contributed by atoms with Gasteiger partial charge < -0.3 is 5.73 Å². The van der Waals surface area contributed by atoms with Gasteiger partial charge in [0.15, 0.2) is 0 Å². The fraction of sp³-hybridized carbons (Fsp3) is 0.250. The van der Waals surface area contributed by atoms with E-state index in [1.165, 1.54) is 6.07 Å². The Hall–Kier alpha value is -1.29. The van der Waals surface area contributed by atoms with Crippen LogP contribution >= 0.6 is 11.6 Å². The molecule has 0 spiro atoms. The van der Waals surface area contributed by atoms with Crippen molar-refractivity contribution in [3.05, 3.63) is 33.4 Å². The van der Waals surface area contributed by atoms with Crippen molar-refractivity contribution in [2.45, 2.75) is 12.8 Å². The fourth-order valence-corrected chi connectivity index (χ4v) is 1.33. The summed E-state index contributed by atoms with van der Waals surface area (Å²) in [6, 6.07) is 3.18. The number of benzene rings is 1. The van der Waals surface area contributed by atoms with Crippen molar-refractivity contribution in [3.8, 4) is 0 Å². The van der Waals surface area contributed by atoms with Gasteiger partial charge in [0.05, 0.1) is 4.92 Å². The van der Waals surface area contributed by atoms with Crippen LogP contribution in [0.3, 0.4) is 0 Å². The minimum atomic E-state index is -0.502. The topological polar surface area (TPSA) is 69.2 Å². The molecule has 1 rings (SSSR count). The lowest BCUT2D eigenvalue weighted by Gasteiger charge is -2.03. The van der Waals surface area contributed by atoms with Crippen molar-refractivity contribution < 1.29 is 4.92 Å². The number of hydrogen-bond acceptors (Lipinski definition) is 3. The summed E-state index contributed by atoms with van der Waals surface area (Å²) < 4.78 is 0. The van der Waals surface area contributed by atoms with Crippen LogP contribution in [0.1, 0.15) is 11.1 Å². The zero-order valence-electron chi connectivity index (χ0n) is 7.08. The number of halogens is 1. The van der Waals surface area contributed by atoms with Crippen LogP contribution in [0.4, 0.5) is 11.4 Å². The molecule has 0 radical (unpaired) electrons. The number of hydrogen-bond donors (Lipinski definition) is 1. The van der Waals surface area contributed by atoms with Crippen LogP contribution < -0.4 is 5.73 Å². The molecule has 0 atom stereocenters. The molecule has 0 aliphatic carbocycles. The Kier molecular flexibility index (Phi) is 2.72. The van der Waals surface area contributed by atoms with Crippen LogP contribution in [0, 0.1) is 17.0 Å². The quantitative estimate of drug-likeness (QED) is 0.345. The Morgan fingerprint density at radius 3 is 2.69 bits per heavy atom. The van der Waals surface area contributed by atoms with E-state index >= 15 is 0 Å². The SMILES string of the molecule is Cc1cc(CCl)c(N)c([N+](=O)[O-])c1. The second-order valence-electron chi connectivity index (χ2n) is 2.75. The molecule has 2 N–H and O–H groups in total. The Morgan fingerprint density at radius 1 is 1.62 bits per heavy atom. The van der Waals surface area contributed by atoms with Gasteiger partial charge in [0.25, 0.3) is 5.69 Å². The molecule has 70 valence electrons. The van der Waals surface area contributed by atoms with E-state index in [2.05, 4.69) is 0 Å². The Morgan fingerprint density at radius 2 is 2.23 bits per heavy atom. The summed E-state index contributed by atoms with van der Waals surface area (Å²) in [7, 11) is 0. The number of nitrogens with two attached hydrogens (primary N) is 1. The largest absolute Gasteiger partial charge is 0.393 e. The number of nitro groups is 1. The summed E-state index contributed by atoms with van der Waals surface area (Å²) in [6.45, 7) is 1.77. The average Bonchev–Trinajstić information content (AvgIpc) is 2.08. The first-order valence-corrected chi connectivity index (χ1v) is 4.19. The van der Waals surface area contributed by atoms with Gasteiger partial charge in [-0.2, -0.15) is 0 Å². The minimum absolute atomic E-state index is 0.0735. The molecule has 0 aliphatic rings. The second-order valence-corrected chi connectivity index (χ2v) is 3.01. The van der Waals surface area contributed by atoms with Gasteiger partial charge in [-0.3, -0.25) is 10.1 Å². The van der Waals surface area contributed by atoms with Crippen molar-refractivity contribution in [3.63, 3.8) is 0 Å². The van der Waals surface area contributed by atoms with E-state index in [1.807, 2.05) is 0 Å². The zero-order chi connectivity index (χ0) is 10.0. The molecule has 13 heavy (non-hydrogen) atoms. The molecule has 0 saturated carbocycles. The molecule has 0 amide bonds. The van der Waals surface area contributed by atoms with Gasteiger partial charge in [0.1, 0.15) is 5.69 Å². The second kappa shape index (κ2) is 3.62. The lowest BCUT2D eigenvalue weighted by Crippen LogP contribution is -2.00. The first-order valence-electron chi connectivity index (χ1n) is 3.65. The molecule has 4 nitrogen and oxygen atoms in total. The monoisotopic (exact) mass is 200 g/mol. The lowest BCUT2D eigenvalue weighted by atomic mass is 10.1. The number of anilines is 1. The van der Waals surface area contributed by atoms with E-state index in [0.717, 1.165) is 5.56 Å². The van der Waals surface area contributed by atoms with Crippen LogP contribution in [-0.4, -0.2) is 4.92 Å². The molecule has 0 heterocycles. The first kappa shape index (κ1) is 9.80. The number of aryl methyl sites for hydroxylation is 1. The molecule has 1 aromatic carbocycles. The highest BCUT2D eigenvalue weighted by Crippen LogP contribution is 2.27. The van der Waals surface area contributed by atoms with Crippen LogP contribution in [0.5, 0.6) is 0 Å². The number of nitrogen functional groups attached to an aromatic ring is 1. The van der Waals surface area contributed by atoms with Crippen LogP contribution in [0.15, 0.2) is 12.1 Å². The summed E-state index contributed by atoms with van der Waals surface area (Å²) in [6.07, 6.45) is 0. The van der Waals surface area contributed by atoms with Gasteiger partial charge in [-0.15, -0.1) is 11.6 Å². The maximum Gasteiger partial charge on any atom is 0.292 e. The molecule has 1 aromatic rings. The van der Waals surface area contributed by atoms with Gasteiger partial charge in [-0.1, -0.05) is 6.07 Å². The summed E-state index contributed by atoms with van der Waals surface area (Å²) >= 11 is 5.58. The molecule has 0 unspecified atom stereocenters. The Labute approximate surface area is 80.5 Å². The third kappa shape index (κ3) is 1.89. The summed E-state index contributed by atoms with van der Waals surface area (Å²) in [5.74, 6) is 0.189. The third-order valence-electron chi connectivity index (χ3n) is 1.73. The van der Waals surface area contributed by atoms with Crippen LogP contribution in [0.2, 0.25) is 0 Å². The van der Waals surface area contributed by atoms with E-state index in [4.69, 9.17) is 17.3 Å². The maximum atomic E-state index is 10.5. The molecule has 0 saturated heterocycles. The third-order valence-corrected chi connectivity index (χ3v) is 2.02. The molecule has 0 aromatic heterocycles. The average molecular weight is 201 g/mol. The standard InChI is InChI=1S/C8H9ClN2O2/c1-5-2-6(4-9)8(10)7(3-5)11(12)13/h2-3H,4,10H2,1H3. The van der Waals surface area contributed by atoms with Crippen molar-refractivity contribution >= 4 is 23.0 Å². The first-order chi connectivity index (χ1) is 6.06. The number of alkyl halides is 1. The molecular weight excluding hydrogens is 192 g/mol. The van der Waals surface area contributed by atoms with Crippen LogP contribution in [-0.2, 0) is 5.88 Å². The normalized spacial score (nSPS) is 10.0.